The van der Waals surface area contributed by atoms with Crippen LogP contribution in [0, 0.1) is 0 Å². The Morgan fingerprint density at radius 1 is 1.10 bits per heavy atom. The number of rotatable bonds is 15. The molecule has 0 aliphatic carbocycles. The Labute approximate surface area is 184 Å². The standard InChI is InChI=1S/C24H38N2O5/c1-2-3-14-29-15-10-8-6-4-5-7-9-11-20-16-19-17-26(24(28)25-23(19)31-20)22-13-12-21(18-27)30-22/h16-17,21-22,27H,2-15,18H2,1H3/t21-,22+/m1/s1. The Balaban J connectivity index is 1.34. The van der Waals surface area contributed by atoms with Gasteiger partial charge in [-0.1, -0.05) is 45.4 Å². The van der Waals surface area contributed by atoms with Crippen LogP contribution < -0.4 is 5.69 Å². The second-order valence-corrected chi connectivity index (χ2v) is 8.57. The summed E-state index contributed by atoms with van der Waals surface area (Å²) in [7, 11) is 0. The van der Waals surface area contributed by atoms with Crippen molar-refractivity contribution in [3.63, 3.8) is 0 Å². The zero-order valence-corrected chi connectivity index (χ0v) is 18.9. The molecule has 1 aliphatic heterocycles. The number of furan rings is 1. The van der Waals surface area contributed by atoms with Crippen molar-refractivity contribution < 1.29 is 19.0 Å². The van der Waals surface area contributed by atoms with Gasteiger partial charge in [-0.25, -0.2) is 4.79 Å². The highest BCUT2D eigenvalue weighted by Gasteiger charge is 2.27. The molecule has 7 nitrogen and oxygen atoms in total. The highest BCUT2D eigenvalue weighted by molar-refractivity contribution is 5.72. The highest BCUT2D eigenvalue weighted by atomic mass is 16.5. The van der Waals surface area contributed by atoms with Crippen LogP contribution in [0.4, 0.5) is 0 Å². The van der Waals surface area contributed by atoms with Crippen LogP contribution in [0.2, 0.25) is 0 Å². The number of aliphatic hydroxyl groups is 1. The minimum Gasteiger partial charge on any atom is -0.443 e. The summed E-state index contributed by atoms with van der Waals surface area (Å²) in [5.74, 6) is 0.879. The fraction of sp³-hybridized carbons (Fsp3) is 0.750. The normalized spacial score (nSPS) is 18.9. The second-order valence-electron chi connectivity index (χ2n) is 8.57. The first kappa shape index (κ1) is 24.0. The quantitative estimate of drug-likeness (QED) is 0.407. The minimum atomic E-state index is -0.368. The van der Waals surface area contributed by atoms with Gasteiger partial charge >= 0.3 is 5.69 Å². The highest BCUT2D eigenvalue weighted by Crippen LogP contribution is 2.28. The molecule has 0 radical (unpaired) electrons. The lowest BCUT2D eigenvalue weighted by Crippen LogP contribution is -2.27. The molecule has 0 spiro atoms. The molecule has 7 heteroatoms. The average molecular weight is 435 g/mol. The van der Waals surface area contributed by atoms with E-state index in [1.807, 2.05) is 6.07 Å². The van der Waals surface area contributed by atoms with Crippen LogP contribution in [0.25, 0.3) is 11.1 Å². The summed E-state index contributed by atoms with van der Waals surface area (Å²) in [4.78, 5) is 16.4. The zero-order valence-electron chi connectivity index (χ0n) is 18.9. The molecule has 1 saturated heterocycles. The van der Waals surface area contributed by atoms with Crippen LogP contribution in [0.15, 0.2) is 21.5 Å². The summed E-state index contributed by atoms with van der Waals surface area (Å²) < 4.78 is 18.6. The molecule has 2 aromatic rings. The number of unbranched alkanes of at least 4 members (excludes halogenated alkanes) is 7. The van der Waals surface area contributed by atoms with Crippen molar-refractivity contribution in [2.24, 2.45) is 0 Å². The van der Waals surface area contributed by atoms with Crippen molar-refractivity contribution in [3.8, 4) is 0 Å². The van der Waals surface area contributed by atoms with Crippen LogP contribution in [0.5, 0.6) is 0 Å². The summed E-state index contributed by atoms with van der Waals surface area (Å²) in [6.45, 7) is 3.97. The fourth-order valence-corrected chi connectivity index (χ4v) is 4.07. The van der Waals surface area contributed by atoms with Crippen LogP contribution in [0.1, 0.15) is 89.5 Å². The van der Waals surface area contributed by atoms with E-state index in [0.29, 0.717) is 12.1 Å². The Hall–Kier alpha value is -1.70. The van der Waals surface area contributed by atoms with E-state index >= 15 is 0 Å². The van der Waals surface area contributed by atoms with Crippen molar-refractivity contribution in [3.05, 3.63) is 28.5 Å². The third-order valence-corrected chi connectivity index (χ3v) is 5.94. The van der Waals surface area contributed by atoms with Crippen molar-refractivity contribution in [1.29, 1.82) is 0 Å². The van der Waals surface area contributed by atoms with Crippen molar-refractivity contribution >= 4 is 11.1 Å². The SMILES string of the molecule is CCCCOCCCCCCCCCc1cc2cn([C@@H]3CC[C@H](CO)O3)c(=O)nc2o1. The van der Waals surface area contributed by atoms with Gasteiger partial charge in [-0.2, -0.15) is 4.98 Å². The van der Waals surface area contributed by atoms with Crippen LogP contribution in [-0.4, -0.2) is 40.6 Å². The van der Waals surface area contributed by atoms with Crippen LogP contribution in [-0.2, 0) is 15.9 Å². The molecule has 0 bridgehead atoms. The van der Waals surface area contributed by atoms with E-state index in [2.05, 4.69) is 11.9 Å². The van der Waals surface area contributed by atoms with Gasteiger partial charge in [-0.15, -0.1) is 0 Å². The second kappa shape index (κ2) is 13.0. The van der Waals surface area contributed by atoms with Crippen LogP contribution >= 0.6 is 0 Å². The molecule has 174 valence electrons. The molecule has 0 saturated carbocycles. The predicted molar refractivity (Wildman–Crippen MR) is 120 cm³/mol. The molecular weight excluding hydrogens is 396 g/mol. The number of aliphatic hydroxyl groups excluding tert-OH is 1. The first-order valence-corrected chi connectivity index (χ1v) is 12.1. The predicted octanol–water partition coefficient (Wildman–Crippen LogP) is 4.75. The molecule has 0 unspecified atom stereocenters. The van der Waals surface area contributed by atoms with E-state index in [0.717, 1.165) is 43.6 Å². The lowest BCUT2D eigenvalue weighted by molar-refractivity contribution is -0.0243. The number of aryl methyl sites for hydroxylation is 1. The van der Waals surface area contributed by atoms with Gasteiger partial charge in [0.1, 0.15) is 12.0 Å². The molecule has 2 aromatic heterocycles. The molecule has 0 amide bonds. The topological polar surface area (TPSA) is 86.7 Å². The first-order chi connectivity index (χ1) is 15.2. The number of nitrogens with zero attached hydrogens (tertiary/aromatic N) is 2. The van der Waals surface area contributed by atoms with E-state index in [-0.39, 0.29) is 24.6 Å². The van der Waals surface area contributed by atoms with E-state index in [1.54, 1.807) is 6.20 Å². The molecule has 1 N–H and O–H groups in total. The number of aromatic nitrogens is 2. The summed E-state index contributed by atoms with van der Waals surface area (Å²) in [5.41, 5.74) is 0.0295. The third kappa shape index (κ3) is 7.44. The van der Waals surface area contributed by atoms with Gasteiger partial charge in [0, 0.05) is 25.8 Å². The van der Waals surface area contributed by atoms with Crippen LogP contribution in [0.3, 0.4) is 0 Å². The Morgan fingerprint density at radius 3 is 2.58 bits per heavy atom. The Bertz CT molecular complexity index is 831. The molecule has 3 rings (SSSR count). The number of fused-ring (bicyclic) bond motifs is 1. The number of hydrogen-bond acceptors (Lipinski definition) is 6. The van der Waals surface area contributed by atoms with Gasteiger partial charge in [-0.3, -0.25) is 4.57 Å². The maximum atomic E-state index is 12.3. The largest absolute Gasteiger partial charge is 0.443 e. The van der Waals surface area contributed by atoms with Gasteiger partial charge in [0.05, 0.1) is 18.1 Å². The third-order valence-electron chi connectivity index (χ3n) is 5.94. The maximum absolute atomic E-state index is 12.3. The number of hydrogen-bond donors (Lipinski definition) is 1. The molecule has 2 atom stereocenters. The summed E-state index contributed by atoms with van der Waals surface area (Å²) in [6.07, 6.45) is 14.4. The van der Waals surface area contributed by atoms with Gasteiger partial charge < -0.3 is 19.0 Å². The van der Waals surface area contributed by atoms with Gasteiger partial charge in [-0.05, 0) is 38.2 Å². The fourth-order valence-electron chi connectivity index (χ4n) is 4.07. The Kier molecular flexibility index (Phi) is 10.0. The van der Waals surface area contributed by atoms with Gasteiger partial charge in [0.15, 0.2) is 0 Å². The molecule has 31 heavy (non-hydrogen) atoms. The van der Waals surface area contributed by atoms with E-state index < -0.39 is 0 Å². The van der Waals surface area contributed by atoms with E-state index in [9.17, 15) is 9.90 Å². The molecule has 1 aliphatic rings. The molecule has 3 heterocycles. The van der Waals surface area contributed by atoms with E-state index in [1.165, 1.54) is 55.9 Å². The lowest BCUT2D eigenvalue weighted by atomic mass is 10.1. The first-order valence-electron chi connectivity index (χ1n) is 12.1. The molecule has 1 fully saturated rings. The molecule has 0 aromatic carbocycles. The van der Waals surface area contributed by atoms with Crippen molar-refractivity contribution in [1.82, 2.24) is 9.55 Å². The minimum absolute atomic E-state index is 0.0236. The summed E-state index contributed by atoms with van der Waals surface area (Å²) in [6, 6.07) is 1.98. The van der Waals surface area contributed by atoms with Gasteiger partial charge in [0.25, 0.3) is 0 Å². The summed E-state index contributed by atoms with van der Waals surface area (Å²) in [5, 5.41) is 10.1. The summed E-state index contributed by atoms with van der Waals surface area (Å²) >= 11 is 0. The van der Waals surface area contributed by atoms with Gasteiger partial charge in [0.2, 0.25) is 5.71 Å². The Morgan fingerprint density at radius 2 is 1.84 bits per heavy atom. The van der Waals surface area contributed by atoms with E-state index in [4.69, 9.17) is 13.9 Å². The average Bonchev–Trinajstić information content (AvgIpc) is 3.40. The smallest absolute Gasteiger partial charge is 0.353 e. The molecular formula is C24H38N2O5. The number of ether oxygens (including phenoxy) is 2. The lowest BCUT2D eigenvalue weighted by Gasteiger charge is -2.14. The maximum Gasteiger partial charge on any atom is 0.353 e. The monoisotopic (exact) mass is 434 g/mol. The van der Waals surface area contributed by atoms with Crippen molar-refractivity contribution in [2.75, 3.05) is 19.8 Å². The van der Waals surface area contributed by atoms with Crippen molar-refractivity contribution in [2.45, 2.75) is 96.3 Å². The zero-order chi connectivity index (χ0) is 21.9.